The third-order valence-corrected chi connectivity index (χ3v) is 7.57. The van der Waals surface area contributed by atoms with E-state index in [4.69, 9.17) is 0 Å². The maximum Gasteiger partial charge on any atom is 0.244 e. The molecule has 8 nitrogen and oxygen atoms in total. The highest BCUT2D eigenvalue weighted by Crippen LogP contribution is 2.46. The Hall–Kier alpha value is -4.04. The van der Waals surface area contributed by atoms with E-state index in [1.807, 2.05) is 82.4 Å². The van der Waals surface area contributed by atoms with Gasteiger partial charge >= 0.3 is 0 Å². The molecular formula is C31H35N5O3. The molecule has 0 bridgehead atoms. The number of amides is 3. The predicted molar refractivity (Wildman–Crippen MR) is 151 cm³/mol. The van der Waals surface area contributed by atoms with Crippen molar-refractivity contribution in [2.24, 2.45) is 5.41 Å². The van der Waals surface area contributed by atoms with Gasteiger partial charge in [0.25, 0.3) is 0 Å². The van der Waals surface area contributed by atoms with Gasteiger partial charge in [-0.2, -0.15) is 0 Å². The Bertz CT molecular complexity index is 1440. The monoisotopic (exact) mass is 525 g/mol. The molecule has 1 spiro atoms. The van der Waals surface area contributed by atoms with Gasteiger partial charge in [0.2, 0.25) is 17.7 Å². The maximum absolute atomic E-state index is 13.3. The zero-order valence-electron chi connectivity index (χ0n) is 22.9. The van der Waals surface area contributed by atoms with Crippen LogP contribution >= 0.6 is 0 Å². The molecule has 1 atom stereocenters. The fourth-order valence-corrected chi connectivity index (χ4v) is 5.67. The van der Waals surface area contributed by atoms with Crippen LogP contribution in [0.15, 0.2) is 60.8 Å². The van der Waals surface area contributed by atoms with Gasteiger partial charge in [0, 0.05) is 36.0 Å². The van der Waals surface area contributed by atoms with Crippen molar-refractivity contribution in [1.29, 1.82) is 0 Å². The first kappa shape index (κ1) is 26.6. The molecule has 0 saturated heterocycles. The van der Waals surface area contributed by atoms with Crippen LogP contribution in [0.25, 0.3) is 0 Å². The summed E-state index contributed by atoms with van der Waals surface area (Å²) in [5, 5.41) is 9.08. The molecule has 5 rings (SSSR count). The first-order valence-corrected chi connectivity index (χ1v) is 13.3. The Morgan fingerprint density at radius 1 is 1.03 bits per heavy atom. The van der Waals surface area contributed by atoms with Crippen LogP contribution in [0.3, 0.4) is 0 Å². The Balaban J connectivity index is 1.32. The number of pyridine rings is 1. The first-order chi connectivity index (χ1) is 18.6. The predicted octanol–water partition coefficient (Wildman–Crippen LogP) is 3.80. The molecule has 3 N–H and O–H groups in total. The number of hydrogen-bond donors (Lipinski definition) is 3. The second-order valence-corrected chi connectivity index (χ2v) is 11.5. The normalized spacial score (nSPS) is 17.5. The van der Waals surface area contributed by atoms with E-state index in [-0.39, 0.29) is 24.3 Å². The molecule has 1 aromatic heterocycles. The van der Waals surface area contributed by atoms with Gasteiger partial charge in [0.15, 0.2) is 0 Å². The minimum atomic E-state index is -0.661. The molecule has 202 valence electrons. The second-order valence-electron chi connectivity index (χ2n) is 11.5. The van der Waals surface area contributed by atoms with E-state index in [2.05, 4.69) is 20.9 Å². The molecule has 2 aromatic carbocycles. The smallest absolute Gasteiger partial charge is 0.244 e. The molecule has 0 radical (unpaired) electrons. The second kappa shape index (κ2) is 10.3. The number of benzene rings is 2. The summed E-state index contributed by atoms with van der Waals surface area (Å²) in [4.78, 5) is 45.5. The van der Waals surface area contributed by atoms with Gasteiger partial charge in [-0.1, -0.05) is 57.2 Å². The number of anilines is 2. The fourth-order valence-electron chi connectivity index (χ4n) is 5.67. The van der Waals surface area contributed by atoms with Crippen molar-refractivity contribution in [2.45, 2.75) is 52.1 Å². The number of carbonyl (C=O) groups excluding carboxylic acids is 3. The summed E-state index contributed by atoms with van der Waals surface area (Å²) < 4.78 is 0. The van der Waals surface area contributed by atoms with Gasteiger partial charge in [-0.15, -0.1) is 0 Å². The molecule has 1 aliphatic heterocycles. The number of aromatic nitrogens is 1. The zero-order valence-corrected chi connectivity index (χ0v) is 22.9. The molecular weight excluding hydrogens is 490 g/mol. The van der Waals surface area contributed by atoms with E-state index >= 15 is 0 Å². The Morgan fingerprint density at radius 2 is 1.77 bits per heavy atom. The average molecular weight is 526 g/mol. The summed E-state index contributed by atoms with van der Waals surface area (Å²) in [5.74, 6) is 0.239. The lowest BCUT2D eigenvalue weighted by atomic mass is 9.79. The average Bonchev–Trinajstić information content (AvgIpc) is 3.41. The van der Waals surface area contributed by atoms with Gasteiger partial charge in [0.1, 0.15) is 12.4 Å². The highest BCUT2D eigenvalue weighted by molar-refractivity contribution is 6.06. The number of fused-ring (bicyclic) bond motifs is 3. The number of carbonyl (C=O) groups is 3. The van der Waals surface area contributed by atoms with Crippen molar-refractivity contribution in [3.05, 3.63) is 88.6 Å². The highest BCUT2D eigenvalue weighted by Gasteiger charge is 2.51. The molecule has 0 saturated carbocycles. The molecule has 2 aliphatic rings. The molecule has 8 heteroatoms. The summed E-state index contributed by atoms with van der Waals surface area (Å²) in [5.41, 5.74) is 4.50. The standard InChI is InChI=1S/C31H35N5O3/c1-30(2,3)29(39)36(18-22-9-6-5-8-21(22)17-32-4)19-26(37)34-24-12-11-20-15-31(16-23(20)14-24)25-10-7-13-33-27(25)35-28(31)38/h5-14,32H,15-19H2,1-4H3,(H,34,37)(H,33,35,38)/t31-/m0/s1. The Kier molecular flexibility index (Phi) is 6.99. The summed E-state index contributed by atoms with van der Waals surface area (Å²) >= 11 is 0. The van der Waals surface area contributed by atoms with Crippen LogP contribution in [0.1, 0.15) is 48.6 Å². The third-order valence-electron chi connectivity index (χ3n) is 7.57. The number of hydrogen-bond acceptors (Lipinski definition) is 5. The van der Waals surface area contributed by atoms with Crippen molar-refractivity contribution in [1.82, 2.24) is 15.2 Å². The van der Waals surface area contributed by atoms with Gasteiger partial charge in [0.05, 0.1) is 5.41 Å². The van der Waals surface area contributed by atoms with Crippen molar-refractivity contribution in [2.75, 3.05) is 24.2 Å². The van der Waals surface area contributed by atoms with Crippen molar-refractivity contribution in [3.63, 3.8) is 0 Å². The Labute approximate surface area is 229 Å². The third kappa shape index (κ3) is 5.16. The van der Waals surface area contributed by atoms with Crippen molar-refractivity contribution < 1.29 is 14.4 Å². The number of rotatable bonds is 7. The number of nitrogens with zero attached hydrogens (tertiary/aromatic N) is 2. The van der Waals surface area contributed by atoms with Crippen LogP contribution in [-0.2, 0) is 45.7 Å². The van der Waals surface area contributed by atoms with E-state index in [0.29, 0.717) is 37.4 Å². The number of nitrogens with one attached hydrogen (secondary N) is 3. The summed E-state index contributed by atoms with van der Waals surface area (Å²) in [7, 11) is 1.88. The lowest BCUT2D eigenvalue weighted by molar-refractivity contribution is -0.142. The van der Waals surface area contributed by atoms with Gasteiger partial charge in [-0.3, -0.25) is 14.4 Å². The minimum Gasteiger partial charge on any atom is -0.329 e. The van der Waals surface area contributed by atoms with Crippen LogP contribution in [0.5, 0.6) is 0 Å². The summed E-state index contributed by atoms with van der Waals surface area (Å²) in [6.07, 6.45) is 2.83. The fraction of sp³-hybridized carbons (Fsp3) is 0.355. The van der Waals surface area contributed by atoms with E-state index in [1.54, 1.807) is 11.1 Å². The highest BCUT2D eigenvalue weighted by atomic mass is 16.2. The largest absolute Gasteiger partial charge is 0.329 e. The lowest BCUT2D eigenvalue weighted by Gasteiger charge is -2.30. The van der Waals surface area contributed by atoms with Crippen LogP contribution in [0.4, 0.5) is 11.5 Å². The summed E-state index contributed by atoms with van der Waals surface area (Å²) in [6, 6.07) is 17.6. The molecule has 39 heavy (non-hydrogen) atoms. The first-order valence-electron chi connectivity index (χ1n) is 13.3. The Morgan fingerprint density at radius 3 is 2.51 bits per heavy atom. The zero-order chi connectivity index (χ0) is 27.8. The molecule has 2 heterocycles. The van der Waals surface area contributed by atoms with Crippen LogP contribution < -0.4 is 16.0 Å². The molecule has 0 fully saturated rings. The van der Waals surface area contributed by atoms with E-state index < -0.39 is 10.8 Å². The lowest BCUT2D eigenvalue weighted by Crippen LogP contribution is -2.43. The van der Waals surface area contributed by atoms with E-state index in [0.717, 1.165) is 27.8 Å². The van der Waals surface area contributed by atoms with Crippen LogP contribution in [-0.4, -0.2) is 41.2 Å². The van der Waals surface area contributed by atoms with Crippen molar-refractivity contribution >= 4 is 29.2 Å². The molecule has 0 unspecified atom stereocenters. The SMILES string of the molecule is CNCc1ccccc1CN(CC(=O)Nc1ccc2c(c1)C[C@]1(C2)C(=O)Nc2ncccc21)C(=O)C(C)(C)C. The quantitative estimate of drug-likeness (QED) is 0.435. The van der Waals surface area contributed by atoms with Gasteiger partial charge < -0.3 is 20.9 Å². The molecule has 3 amide bonds. The van der Waals surface area contributed by atoms with E-state index in [9.17, 15) is 14.4 Å². The molecule has 3 aromatic rings. The van der Waals surface area contributed by atoms with Crippen LogP contribution in [0, 0.1) is 5.41 Å². The topological polar surface area (TPSA) is 103 Å². The van der Waals surface area contributed by atoms with Crippen molar-refractivity contribution in [3.8, 4) is 0 Å². The minimum absolute atomic E-state index is 0.0344. The van der Waals surface area contributed by atoms with Gasteiger partial charge in [-0.05, 0) is 60.3 Å². The van der Waals surface area contributed by atoms with E-state index in [1.165, 1.54) is 0 Å². The van der Waals surface area contributed by atoms with Crippen LogP contribution in [0.2, 0.25) is 0 Å². The molecule has 1 aliphatic carbocycles. The summed E-state index contributed by atoms with van der Waals surface area (Å²) in [6.45, 7) is 6.55. The maximum atomic E-state index is 13.3. The van der Waals surface area contributed by atoms with Gasteiger partial charge in [-0.25, -0.2) is 4.98 Å².